The van der Waals surface area contributed by atoms with Crippen molar-refractivity contribution in [3.8, 4) is 11.8 Å². The maximum absolute atomic E-state index is 12.2. The third-order valence-electron chi connectivity index (χ3n) is 3.48. The maximum Gasteiger partial charge on any atom is 0.251 e. The zero-order valence-electron chi connectivity index (χ0n) is 11.2. The third kappa shape index (κ3) is 3.36. The predicted octanol–water partition coefficient (Wildman–Crippen LogP) is 2.01. The lowest BCUT2D eigenvalue weighted by molar-refractivity contribution is 0.0916. The topological polar surface area (TPSA) is 49.3 Å². The second-order valence-electron chi connectivity index (χ2n) is 4.85. The van der Waals surface area contributed by atoms with Gasteiger partial charge in [-0.3, -0.25) is 4.79 Å². The molecule has 0 spiro atoms. The van der Waals surface area contributed by atoms with Crippen LogP contribution in [0, 0.1) is 18.8 Å². The Hall–Kier alpha value is -1.79. The van der Waals surface area contributed by atoms with Crippen molar-refractivity contribution in [3.63, 3.8) is 0 Å². The Labute approximate surface area is 114 Å². The largest absolute Gasteiger partial charge is 0.395 e. The number of aliphatic hydroxyl groups is 1. The van der Waals surface area contributed by atoms with Gasteiger partial charge in [-0.1, -0.05) is 17.9 Å². The second kappa shape index (κ2) is 6.40. The molecular formula is C16H19NO2. The first-order chi connectivity index (χ1) is 9.22. The molecule has 0 bridgehead atoms. The van der Waals surface area contributed by atoms with Crippen molar-refractivity contribution in [2.45, 2.75) is 38.6 Å². The Morgan fingerprint density at radius 1 is 1.47 bits per heavy atom. The van der Waals surface area contributed by atoms with Gasteiger partial charge in [-0.2, -0.15) is 0 Å². The summed E-state index contributed by atoms with van der Waals surface area (Å²) in [6.45, 7) is 1.98. The molecule has 19 heavy (non-hydrogen) atoms. The van der Waals surface area contributed by atoms with E-state index in [1.54, 1.807) is 0 Å². The Balaban J connectivity index is 2.14. The van der Waals surface area contributed by atoms with E-state index in [1.165, 1.54) is 6.42 Å². The van der Waals surface area contributed by atoms with Crippen LogP contribution in [0.15, 0.2) is 18.2 Å². The zero-order chi connectivity index (χ0) is 13.7. The molecule has 0 heterocycles. The first-order valence-electron chi connectivity index (χ1n) is 6.72. The molecule has 1 aromatic carbocycles. The molecule has 2 rings (SSSR count). The summed E-state index contributed by atoms with van der Waals surface area (Å²) in [5, 5.41) is 11.8. The molecule has 1 amide bonds. The van der Waals surface area contributed by atoms with Gasteiger partial charge in [0.15, 0.2) is 0 Å². The number of benzene rings is 1. The molecule has 2 N–H and O–H groups in total. The Kier molecular flexibility index (Phi) is 4.59. The van der Waals surface area contributed by atoms with Crippen LogP contribution in [0.2, 0.25) is 0 Å². The van der Waals surface area contributed by atoms with Crippen LogP contribution in [0.5, 0.6) is 0 Å². The molecule has 1 aliphatic carbocycles. The average Bonchev–Trinajstić information content (AvgIpc) is 2.36. The van der Waals surface area contributed by atoms with Gasteiger partial charge in [0.25, 0.3) is 5.91 Å². The van der Waals surface area contributed by atoms with Gasteiger partial charge in [0, 0.05) is 23.6 Å². The van der Waals surface area contributed by atoms with Gasteiger partial charge >= 0.3 is 0 Å². The van der Waals surface area contributed by atoms with Gasteiger partial charge in [-0.25, -0.2) is 0 Å². The van der Waals surface area contributed by atoms with Crippen LogP contribution < -0.4 is 5.32 Å². The Morgan fingerprint density at radius 3 is 2.89 bits per heavy atom. The molecular weight excluding hydrogens is 238 g/mol. The normalized spacial score (nSPS) is 14.2. The van der Waals surface area contributed by atoms with Crippen LogP contribution in [0.25, 0.3) is 0 Å². The summed E-state index contributed by atoms with van der Waals surface area (Å²) >= 11 is 0. The molecule has 3 nitrogen and oxygen atoms in total. The first kappa shape index (κ1) is 13.6. The van der Waals surface area contributed by atoms with Crippen molar-refractivity contribution in [2.75, 3.05) is 6.61 Å². The molecule has 0 unspecified atom stereocenters. The minimum Gasteiger partial charge on any atom is -0.395 e. The summed E-state index contributed by atoms with van der Waals surface area (Å²) in [6.07, 6.45) is 3.83. The molecule has 1 aliphatic rings. The fourth-order valence-corrected chi connectivity index (χ4v) is 2.05. The van der Waals surface area contributed by atoms with Gasteiger partial charge < -0.3 is 10.4 Å². The highest BCUT2D eigenvalue weighted by Crippen LogP contribution is 2.20. The highest BCUT2D eigenvalue weighted by molar-refractivity contribution is 5.96. The van der Waals surface area contributed by atoms with Crippen molar-refractivity contribution in [1.29, 1.82) is 0 Å². The molecule has 3 heteroatoms. The molecule has 0 aromatic heterocycles. The van der Waals surface area contributed by atoms with E-state index in [-0.39, 0.29) is 12.5 Å². The zero-order valence-corrected chi connectivity index (χ0v) is 11.2. The van der Waals surface area contributed by atoms with Crippen LogP contribution >= 0.6 is 0 Å². The fraction of sp³-hybridized carbons (Fsp3) is 0.438. The number of nitrogens with one attached hydrogen (secondary N) is 1. The van der Waals surface area contributed by atoms with Crippen LogP contribution in [-0.2, 0) is 0 Å². The first-order valence-corrected chi connectivity index (χ1v) is 6.72. The van der Waals surface area contributed by atoms with Gasteiger partial charge in [-0.05, 0) is 43.9 Å². The highest BCUT2D eigenvalue weighted by atomic mass is 16.2. The average molecular weight is 257 g/mol. The Bertz CT molecular complexity index is 521. The van der Waals surface area contributed by atoms with E-state index in [9.17, 15) is 4.79 Å². The summed E-state index contributed by atoms with van der Waals surface area (Å²) in [7, 11) is 0. The molecule has 1 fully saturated rings. The van der Waals surface area contributed by atoms with E-state index in [0.29, 0.717) is 18.0 Å². The minimum absolute atomic E-state index is 0.00647. The summed E-state index contributed by atoms with van der Waals surface area (Å²) in [5.74, 6) is 5.88. The van der Waals surface area contributed by atoms with Crippen LogP contribution in [0.4, 0.5) is 0 Å². The summed E-state index contributed by atoms with van der Waals surface area (Å²) in [5.41, 5.74) is 2.46. The third-order valence-corrected chi connectivity index (χ3v) is 3.48. The molecule has 0 atom stereocenters. The minimum atomic E-state index is -0.00647. The van der Waals surface area contributed by atoms with E-state index in [1.807, 2.05) is 25.1 Å². The quantitative estimate of drug-likeness (QED) is 0.814. The summed E-state index contributed by atoms with van der Waals surface area (Å²) < 4.78 is 0. The van der Waals surface area contributed by atoms with Crippen molar-refractivity contribution >= 4 is 5.91 Å². The fourth-order valence-electron chi connectivity index (χ4n) is 2.05. The van der Waals surface area contributed by atoms with Crippen molar-refractivity contribution in [2.24, 2.45) is 0 Å². The number of amides is 1. The molecule has 0 radical (unpaired) electrons. The van der Waals surface area contributed by atoms with Crippen LogP contribution in [-0.4, -0.2) is 23.7 Å². The number of aliphatic hydroxyl groups excluding tert-OH is 1. The lowest BCUT2D eigenvalue weighted by atomic mass is 9.92. The van der Waals surface area contributed by atoms with E-state index in [0.717, 1.165) is 24.0 Å². The highest BCUT2D eigenvalue weighted by Gasteiger charge is 2.21. The Morgan fingerprint density at radius 2 is 2.26 bits per heavy atom. The second-order valence-corrected chi connectivity index (χ2v) is 4.85. The van der Waals surface area contributed by atoms with Gasteiger partial charge in [0.2, 0.25) is 0 Å². The van der Waals surface area contributed by atoms with Crippen molar-refractivity contribution < 1.29 is 9.90 Å². The number of hydrogen-bond acceptors (Lipinski definition) is 2. The van der Waals surface area contributed by atoms with Gasteiger partial charge in [-0.15, -0.1) is 0 Å². The van der Waals surface area contributed by atoms with Crippen molar-refractivity contribution in [3.05, 3.63) is 34.9 Å². The van der Waals surface area contributed by atoms with E-state index in [2.05, 4.69) is 17.2 Å². The molecule has 0 saturated heterocycles. The monoisotopic (exact) mass is 257 g/mol. The number of hydrogen-bond donors (Lipinski definition) is 2. The lowest BCUT2D eigenvalue weighted by Crippen LogP contribution is -2.39. The maximum atomic E-state index is 12.2. The van der Waals surface area contributed by atoms with Crippen LogP contribution in [0.3, 0.4) is 0 Å². The number of carbonyl (C=O) groups is 1. The summed E-state index contributed by atoms with van der Waals surface area (Å²) in [4.78, 5) is 12.2. The SMILES string of the molecule is Cc1c(C#CCCO)cccc1C(=O)NC1CCC1. The van der Waals surface area contributed by atoms with Crippen molar-refractivity contribution in [1.82, 2.24) is 5.32 Å². The van der Waals surface area contributed by atoms with Gasteiger partial charge in [0.05, 0.1) is 6.61 Å². The van der Waals surface area contributed by atoms with E-state index < -0.39 is 0 Å². The van der Waals surface area contributed by atoms with E-state index >= 15 is 0 Å². The van der Waals surface area contributed by atoms with Crippen LogP contribution in [0.1, 0.15) is 47.2 Å². The lowest BCUT2D eigenvalue weighted by Gasteiger charge is -2.26. The number of carbonyl (C=O) groups excluding carboxylic acids is 1. The van der Waals surface area contributed by atoms with E-state index in [4.69, 9.17) is 5.11 Å². The molecule has 100 valence electrons. The summed E-state index contributed by atoms with van der Waals surface area (Å²) in [6, 6.07) is 5.93. The molecule has 1 saturated carbocycles. The smallest absolute Gasteiger partial charge is 0.251 e. The molecule has 1 aromatic rings. The van der Waals surface area contributed by atoms with Gasteiger partial charge in [0.1, 0.15) is 0 Å². The predicted molar refractivity (Wildman–Crippen MR) is 74.9 cm³/mol. The number of rotatable bonds is 3. The standard InChI is InChI=1S/C16H19NO2/c1-12-13(6-2-3-11-18)7-4-10-15(12)16(19)17-14-8-5-9-14/h4,7,10,14,18H,3,5,8-9,11H2,1H3,(H,17,19). The molecule has 0 aliphatic heterocycles.